The van der Waals surface area contributed by atoms with E-state index in [0.29, 0.717) is 19.6 Å². The van der Waals surface area contributed by atoms with Crippen LogP contribution in [0.4, 0.5) is 5.69 Å². The van der Waals surface area contributed by atoms with Gasteiger partial charge in [-0.2, -0.15) is 5.10 Å². The molecule has 0 radical (unpaired) electrons. The number of anilines is 1. The van der Waals surface area contributed by atoms with Gasteiger partial charge in [-0.1, -0.05) is 0 Å². The zero-order valence-corrected chi connectivity index (χ0v) is 18.8. The van der Waals surface area contributed by atoms with Gasteiger partial charge in [-0.05, 0) is 18.6 Å². The molecule has 1 amide bonds. The number of morpholine rings is 1. The third-order valence-electron chi connectivity index (χ3n) is 5.76. The number of piperazine rings is 1. The van der Waals surface area contributed by atoms with E-state index in [1.54, 1.807) is 22.0 Å². The van der Waals surface area contributed by atoms with Crippen molar-refractivity contribution in [1.82, 2.24) is 24.9 Å². The molecule has 1 N–H and O–H groups in total. The summed E-state index contributed by atoms with van der Waals surface area (Å²) in [6.45, 7) is 7.66. The fraction of sp³-hybridized carbons (Fsp3) is 0.591. The van der Waals surface area contributed by atoms with Crippen molar-refractivity contribution in [3.05, 3.63) is 36.5 Å². The number of nitrogens with one attached hydrogen (secondary N) is 1. The quantitative estimate of drug-likeness (QED) is 0.362. The van der Waals surface area contributed by atoms with Gasteiger partial charge in [-0.3, -0.25) is 19.4 Å². The Balaban J connectivity index is 1.33. The highest BCUT2D eigenvalue weighted by molar-refractivity contribution is 5.98. The number of ether oxygens (including phenoxy) is 1. The predicted octanol–water partition coefficient (Wildman–Crippen LogP) is 0.572. The van der Waals surface area contributed by atoms with Crippen LogP contribution < -0.4 is 10.2 Å². The van der Waals surface area contributed by atoms with Crippen molar-refractivity contribution >= 4 is 17.6 Å². The van der Waals surface area contributed by atoms with Crippen molar-refractivity contribution in [1.29, 1.82) is 0 Å². The van der Waals surface area contributed by atoms with E-state index in [0.717, 1.165) is 76.2 Å². The maximum atomic E-state index is 12.8. The SMILES string of the molecule is Cn1cc(N2CCN(C(=NCCCN3CCOCC3)NCCc3ccco3)CC2=O)cn1. The molecule has 0 aromatic carbocycles. The van der Waals surface area contributed by atoms with E-state index in [2.05, 4.69) is 15.3 Å². The molecule has 0 unspecified atom stereocenters. The number of carbonyl (C=O) groups excluding carboxylic acids is 1. The van der Waals surface area contributed by atoms with E-state index in [1.807, 2.05) is 30.3 Å². The second-order valence-electron chi connectivity index (χ2n) is 8.11. The molecular formula is C22H33N7O3. The van der Waals surface area contributed by atoms with Gasteiger partial charge in [0.05, 0.1) is 31.4 Å². The summed E-state index contributed by atoms with van der Waals surface area (Å²) in [6, 6.07) is 3.86. The number of carbonyl (C=O) groups is 1. The summed E-state index contributed by atoms with van der Waals surface area (Å²) in [6.07, 6.45) is 7.04. The first-order valence-electron chi connectivity index (χ1n) is 11.3. The van der Waals surface area contributed by atoms with Crippen molar-refractivity contribution in [2.75, 3.05) is 70.5 Å². The average molecular weight is 444 g/mol. The molecule has 174 valence electrons. The van der Waals surface area contributed by atoms with Crippen molar-refractivity contribution in [2.24, 2.45) is 12.0 Å². The number of aromatic nitrogens is 2. The van der Waals surface area contributed by atoms with Crippen LogP contribution in [0, 0.1) is 0 Å². The molecule has 2 fully saturated rings. The number of rotatable bonds is 8. The Labute approximate surface area is 188 Å². The zero-order chi connectivity index (χ0) is 22.2. The Morgan fingerprint density at radius 2 is 2.12 bits per heavy atom. The molecule has 0 spiro atoms. The maximum absolute atomic E-state index is 12.8. The summed E-state index contributed by atoms with van der Waals surface area (Å²) < 4.78 is 12.6. The van der Waals surface area contributed by atoms with E-state index >= 15 is 0 Å². The Bertz CT molecular complexity index is 874. The largest absolute Gasteiger partial charge is 0.469 e. The molecule has 32 heavy (non-hydrogen) atoms. The van der Waals surface area contributed by atoms with Crippen molar-refractivity contribution in [3.63, 3.8) is 0 Å². The standard InChI is InChI=1S/C22H33N7O3/c1-26-17-19(16-25-26)29-10-9-28(18-21(29)30)22(24-7-5-20-4-2-13-32-20)23-6-3-8-27-11-14-31-15-12-27/h2,4,13,16-17H,3,5-12,14-15,18H2,1H3,(H,23,24). The van der Waals surface area contributed by atoms with Gasteiger partial charge in [0.25, 0.3) is 0 Å². The smallest absolute Gasteiger partial charge is 0.246 e. The van der Waals surface area contributed by atoms with Crippen LogP contribution in [0.25, 0.3) is 0 Å². The maximum Gasteiger partial charge on any atom is 0.246 e. The third-order valence-corrected chi connectivity index (χ3v) is 5.76. The van der Waals surface area contributed by atoms with Crippen LogP contribution in [0.5, 0.6) is 0 Å². The van der Waals surface area contributed by atoms with E-state index < -0.39 is 0 Å². The van der Waals surface area contributed by atoms with Gasteiger partial charge < -0.3 is 24.3 Å². The number of hydrogen-bond donors (Lipinski definition) is 1. The summed E-state index contributed by atoms with van der Waals surface area (Å²) in [7, 11) is 1.86. The van der Waals surface area contributed by atoms with Crippen LogP contribution in [-0.4, -0.2) is 97.0 Å². The van der Waals surface area contributed by atoms with E-state index in [1.165, 1.54) is 0 Å². The highest BCUT2D eigenvalue weighted by Gasteiger charge is 2.27. The van der Waals surface area contributed by atoms with Crippen LogP contribution >= 0.6 is 0 Å². The molecule has 4 heterocycles. The first-order chi connectivity index (χ1) is 15.7. The van der Waals surface area contributed by atoms with Crippen LogP contribution in [0.1, 0.15) is 12.2 Å². The lowest BCUT2D eigenvalue weighted by atomic mass is 10.3. The van der Waals surface area contributed by atoms with Gasteiger partial charge in [0.2, 0.25) is 5.91 Å². The molecule has 0 bridgehead atoms. The van der Waals surface area contributed by atoms with Crippen LogP contribution in [0.2, 0.25) is 0 Å². The van der Waals surface area contributed by atoms with E-state index in [-0.39, 0.29) is 5.91 Å². The van der Waals surface area contributed by atoms with E-state index in [9.17, 15) is 4.79 Å². The molecule has 2 aliphatic heterocycles. The Morgan fingerprint density at radius 1 is 1.25 bits per heavy atom. The molecule has 2 aliphatic rings. The number of aryl methyl sites for hydroxylation is 1. The molecule has 2 aromatic heterocycles. The zero-order valence-electron chi connectivity index (χ0n) is 18.8. The summed E-state index contributed by atoms with van der Waals surface area (Å²) >= 11 is 0. The highest BCUT2D eigenvalue weighted by atomic mass is 16.5. The predicted molar refractivity (Wildman–Crippen MR) is 122 cm³/mol. The van der Waals surface area contributed by atoms with Crippen LogP contribution in [-0.2, 0) is 23.0 Å². The number of furan rings is 1. The second-order valence-corrected chi connectivity index (χ2v) is 8.11. The average Bonchev–Trinajstić information content (AvgIpc) is 3.48. The number of hydrogen-bond acceptors (Lipinski definition) is 6. The van der Waals surface area contributed by atoms with Gasteiger partial charge in [-0.15, -0.1) is 0 Å². The minimum absolute atomic E-state index is 0.0538. The van der Waals surface area contributed by atoms with Gasteiger partial charge in [-0.25, -0.2) is 0 Å². The summed E-state index contributed by atoms with van der Waals surface area (Å²) in [4.78, 5) is 23.9. The number of guanidine groups is 1. The van der Waals surface area contributed by atoms with Crippen LogP contribution in [0.15, 0.2) is 40.2 Å². The molecular weight excluding hydrogens is 410 g/mol. The second kappa shape index (κ2) is 11.1. The Morgan fingerprint density at radius 3 is 2.84 bits per heavy atom. The Kier molecular flexibility index (Phi) is 7.78. The number of nitrogens with zero attached hydrogens (tertiary/aromatic N) is 6. The minimum Gasteiger partial charge on any atom is -0.469 e. The van der Waals surface area contributed by atoms with Gasteiger partial charge in [0.1, 0.15) is 12.3 Å². The first kappa shape index (κ1) is 22.3. The van der Waals surface area contributed by atoms with Crippen LogP contribution in [0.3, 0.4) is 0 Å². The molecule has 0 atom stereocenters. The molecule has 4 rings (SSSR count). The lowest BCUT2D eigenvalue weighted by molar-refractivity contribution is -0.120. The third kappa shape index (κ3) is 6.10. The Hall–Kier alpha value is -2.85. The summed E-state index contributed by atoms with van der Waals surface area (Å²) in [5.74, 6) is 1.78. The molecule has 0 aliphatic carbocycles. The summed E-state index contributed by atoms with van der Waals surface area (Å²) in [5, 5.41) is 7.63. The molecule has 2 aromatic rings. The molecule has 2 saturated heterocycles. The number of aliphatic imine (C=N–C) groups is 1. The molecule has 10 nitrogen and oxygen atoms in total. The van der Waals surface area contributed by atoms with Gasteiger partial charge in [0.15, 0.2) is 5.96 Å². The normalized spacial score (nSPS) is 18.4. The fourth-order valence-corrected chi connectivity index (χ4v) is 4.00. The molecule has 0 saturated carbocycles. The van der Waals surface area contributed by atoms with Crippen molar-refractivity contribution < 1.29 is 13.9 Å². The minimum atomic E-state index is 0.0538. The monoisotopic (exact) mass is 443 g/mol. The topological polar surface area (TPSA) is 91.4 Å². The van der Waals surface area contributed by atoms with Crippen molar-refractivity contribution in [2.45, 2.75) is 12.8 Å². The summed E-state index contributed by atoms with van der Waals surface area (Å²) in [5.41, 5.74) is 0.840. The lowest BCUT2D eigenvalue weighted by Gasteiger charge is -2.35. The molecule has 10 heteroatoms. The first-order valence-corrected chi connectivity index (χ1v) is 11.3. The van der Waals surface area contributed by atoms with E-state index in [4.69, 9.17) is 14.1 Å². The lowest BCUT2D eigenvalue weighted by Crippen LogP contribution is -2.55. The fourth-order valence-electron chi connectivity index (χ4n) is 4.00. The van der Waals surface area contributed by atoms with Gasteiger partial charge in [0, 0.05) is 65.5 Å². The highest BCUT2D eigenvalue weighted by Crippen LogP contribution is 2.16. The number of amides is 1. The van der Waals surface area contributed by atoms with Crippen molar-refractivity contribution in [3.8, 4) is 0 Å². The van der Waals surface area contributed by atoms with Gasteiger partial charge >= 0.3 is 0 Å².